The van der Waals surface area contributed by atoms with E-state index in [0.717, 1.165) is 55.8 Å². The number of methoxy groups -OCH3 is 1. The summed E-state index contributed by atoms with van der Waals surface area (Å²) in [5.41, 5.74) is 7.39. The quantitative estimate of drug-likeness (QED) is 0.151. The van der Waals surface area contributed by atoms with Crippen molar-refractivity contribution in [3.05, 3.63) is 180 Å². The summed E-state index contributed by atoms with van der Waals surface area (Å²) in [5, 5.41) is 21.3. The molecule has 6 aromatic rings. The number of hydrogen-bond donors (Lipinski definition) is 2. The Labute approximate surface area is 275 Å². The molecule has 0 amide bonds. The second-order valence-corrected chi connectivity index (χ2v) is 11.0. The molecule has 0 fully saturated rings. The molecule has 230 valence electrons. The molecule has 47 heavy (non-hydrogen) atoms. The largest absolute Gasteiger partial charge is 0.508 e. The van der Waals surface area contributed by atoms with Crippen LogP contribution in [0.15, 0.2) is 158 Å². The average molecular weight is 614 g/mol. The van der Waals surface area contributed by atoms with Gasteiger partial charge in [0.05, 0.1) is 12.8 Å². The summed E-state index contributed by atoms with van der Waals surface area (Å²) in [6.45, 7) is 0. The summed E-state index contributed by atoms with van der Waals surface area (Å²) >= 11 is 0. The van der Waals surface area contributed by atoms with Crippen molar-refractivity contribution in [1.82, 2.24) is 0 Å². The van der Waals surface area contributed by atoms with Gasteiger partial charge in [0, 0.05) is 16.8 Å². The standard InChI is InChI=1S/C43H35NO3/c1-47-40-29-23-37(24-30-40)44(36-21-14-32(15-22-36)8-2-3-9-33-16-25-38(45)26-17-33)43-31-20-35(41-12-6-7-13-42(41)43)11-5-4-10-34-18-27-39(46)28-19-34/h2-31,45-46H,1H3. The van der Waals surface area contributed by atoms with Crippen molar-refractivity contribution in [1.29, 1.82) is 0 Å². The van der Waals surface area contributed by atoms with Crippen molar-refractivity contribution in [2.75, 3.05) is 12.0 Å². The molecule has 0 aliphatic carbocycles. The Morgan fingerprint density at radius 3 is 1.43 bits per heavy atom. The van der Waals surface area contributed by atoms with Crippen molar-refractivity contribution < 1.29 is 14.9 Å². The molecule has 0 aliphatic rings. The number of phenolic OH excluding ortho intramolecular Hbond substituents is 2. The first kappa shape index (κ1) is 30.8. The molecule has 0 aromatic heterocycles. The first-order valence-corrected chi connectivity index (χ1v) is 15.4. The zero-order valence-electron chi connectivity index (χ0n) is 26.1. The molecule has 0 unspecified atom stereocenters. The molecule has 0 spiro atoms. The Morgan fingerprint density at radius 1 is 0.468 bits per heavy atom. The van der Waals surface area contributed by atoms with Gasteiger partial charge in [-0.1, -0.05) is 115 Å². The van der Waals surface area contributed by atoms with Crippen LogP contribution in [0, 0.1) is 0 Å². The van der Waals surface area contributed by atoms with Gasteiger partial charge in [0.2, 0.25) is 0 Å². The minimum Gasteiger partial charge on any atom is -0.508 e. The zero-order chi connectivity index (χ0) is 32.4. The molecule has 0 heterocycles. The Balaban J connectivity index is 1.31. The van der Waals surface area contributed by atoms with Crippen LogP contribution in [0.2, 0.25) is 0 Å². The lowest BCUT2D eigenvalue weighted by Gasteiger charge is -2.27. The highest BCUT2D eigenvalue weighted by Crippen LogP contribution is 2.40. The van der Waals surface area contributed by atoms with Gasteiger partial charge in [0.25, 0.3) is 0 Å². The van der Waals surface area contributed by atoms with Crippen LogP contribution in [0.4, 0.5) is 17.1 Å². The molecule has 2 N–H and O–H groups in total. The number of aromatic hydroxyl groups is 2. The van der Waals surface area contributed by atoms with E-state index in [-0.39, 0.29) is 11.5 Å². The lowest BCUT2D eigenvalue weighted by Crippen LogP contribution is -2.10. The molecule has 0 saturated heterocycles. The third-order valence-corrected chi connectivity index (χ3v) is 7.81. The number of anilines is 3. The summed E-state index contributed by atoms with van der Waals surface area (Å²) in [6, 6.07) is 43.8. The van der Waals surface area contributed by atoms with E-state index in [4.69, 9.17) is 4.74 Å². The zero-order valence-corrected chi connectivity index (χ0v) is 26.1. The summed E-state index contributed by atoms with van der Waals surface area (Å²) in [4.78, 5) is 2.28. The van der Waals surface area contributed by atoms with Crippen molar-refractivity contribution in [3.63, 3.8) is 0 Å². The number of hydrogen-bond acceptors (Lipinski definition) is 4. The van der Waals surface area contributed by atoms with E-state index >= 15 is 0 Å². The monoisotopic (exact) mass is 613 g/mol. The van der Waals surface area contributed by atoms with Gasteiger partial charge < -0.3 is 19.8 Å². The Bertz CT molecular complexity index is 2050. The third kappa shape index (κ3) is 7.70. The normalized spacial score (nSPS) is 11.8. The Hall–Kier alpha value is -6.26. The van der Waals surface area contributed by atoms with E-state index in [2.05, 4.69) is 89.8 Å². The minimum atomic E-state index is 0.260. The first-order chi connectivity index (χ1) is 23.1. The average Bonchev–Trinajstić information content (AvgIpc) is 3.11. The van der Waals surface area contributed by atoms with Crippen LogP contribution in [0.3, 0.4) is 0 Å². The van der Waals surface area contributed by atoms with Crippen LogP contribution in [-0.4, -0.2) is 17.3 Å². The maximum Gasteiger partial charge on any atom is 0.119 e. The van der Waals surface area contributed by atoms with Crippen LogP contribution in [0.25, 0.3) is 35.1 Å². The third-order valence-electron chi connectivity index (χ3n) is 7.81. The maximum atomic E-state index is 9.54. The second kappa shape index (κ2) is 14.7. The minimum absolute atomic E-state index is 0.260. The van der Waals surface area contributed by atoms with Gasteiger partial charge in [0.15, 0.2) is 0 Å². The SMILES string of the molecule is COc1ccc(N(c2ccc(C=CC=Cc3ccc(O)cc3)cc2)c2ccc(C=CC=Cc3ccc(O)cc3)c3ccccc23)cc1. The second-order valence-electron chi connectivity index (χ2n) is 11.0. The van der Waals surface area contributed by atoms with Crippen LogP contribution in [0.1, 0.15) is 22.3 Å². The van der Waals surface area contributed by atoms with Crippen molar-refractivity contribution >= 4 is 52.1 Å². The van der Waals surface area contributed by atoms with Crippen LogP contribution in [0.5, 0.6) is 17.2 Å². The number of nitrogens with zero attached hydrogens (tertiary/aromatic N) is 1. The molecule has 6 rings (SSSR count). The molecular formula is C43H35NO3. The summed E-state index contributed by atoms with van der Waals surface area (Å²) in [5.74, 6) is 1.33. The highest BCUT2D eigenvalue weighted by Gasteiger charge is 2.16. The fourth-order valence-electron chi connectivity index (χ4n) is 5.37. The van der Waals surface area contributed by atoms with Gasteiger partial charge >= 0.3 is 0 Å². The van der Waals surface area contributed by atoms with Gasteiger partial charge in [-0.05, 0) is 94.4 Å². The van der Waals surface area contributed by atoms with Gasteiger partial charge in [0.1, 0.15) is 17.2 Å². The molecule has 0 radical (unpaired) electrons. The fourth-order valence-corrected chi connectivity index (χ4v) is 5.37. The summed E-state index contributed by atoms with van der Waals surface area (Å²) in [6.07, 6.45) is 16.3. The summed E-state index contributed by atoms with van der Waals surface area (Å²) < 4.78 is 5.46. The van der Waals surface area contributed by atoms with Crippen molar-refractivity contribution in [2.45, 2.75) is 0 Å². The fraction of sp³-hybridized carbons (Fsp3) is 0.0233. The number of ether oxygens (including phenoxy) is 1. The van der Waals surface area contributed by atoms with E-state index in [1.807, 2.05) is 72.9 Å². The molecule has 6 aromatic carbocycles. The van der Waals surface area contributed by atoms with Crippen molar-refractivity contribution in [3.8, 4) is 17.2 Å². The predicted octanol–water partition coefficient (Wildman–Crippen LogP) is 11.2. The number of fused-ring (bicyclic) bond motifs is 1. The Morgan fingerprint density at radius 2 is 0.915 bits per heavy atom. The number of allylic oxidation sites excluding steroid dienone is 4. The van der Waals surface area contributed by atoms with Gasteiger partial charge in [-0.3, -0.25) is 0 Å². The molecule has 0 saturated carbocycles. The topological polar surface area (TPSA) is 52.9 Å². The lowest BCUT2D eigenvalue weighted by atomic mass is 10.0. The summed E-state index contributed by atoms with van der Waals surface area (Å²) in [7, 11) is 1.68. The molecule has 4 nitrogen and oxygen atoms in total. The molecule has 0 bridgehead atoms. The van der Waals surface area contributed by atoms with E-state index in [1.165, 1.54) is 0 Å². The Kier molecular flexibility index (Phi) is 9.61. The van der Waals surface area contributed by atoms with Crippen LogP contribution >= 0.6 is 0 Å². The highest BCUT2D eigenvalue weighted by atomic mass is 16.5. The lowest BCUT2D eigenvalue weighted by molar-refractivity contribution is 0.415. The van der Waals surface area contributed by atoms with Crippen LogP contribution < -0.4 is 9.64 Å². The van der Waals surface area contributed by atoms with E-state index in [0.29, 0.717) is 0 Å². The van der Waals surface area contributed by atoms with Gasteiger partial charge in [-0.25, -0.2) is 0 Å². The molecular weight excluding hydrogens is 578 g/mol. The number of benzene rings is 6. The molecule has 4 heteroatoms. The van der Waals surface area contributed by atoms with E-state index in [1.54, 1.807) is 31.4 Å². The van der Waals surface area contributed by atoms with E-state index < -0.39 is 0 Å². The van der Waals surface area contributed by atoms with E-state index in [9.17, 15) is 10.2 Å². The molecule has 0 aliphatic heterocycles. The number of phenols is 2. The van der Waals surface area contributed by atoms with Gasteiger partial charge in [-0.15, -0.1) is 0 Å². The first-order valence-electron chi connectivity index (χ1n) is 15.4. The van der Waals surface area contributed by atoms with Gasteiger partial charge in [-0.2, -0.15) is 0 Å². The smallest absolute Gasteiger partial charge is 0.119 e. The number of rotatable bonds is 10. The van der Waals surface area contributed by atoms with Crippen molar-refractivity contribution in [2.24, 2.45) is 0 Å². The molecule has 0 atom stereocenters. The maximum absolute atomic E-state index is 9.54. The highest BCUT2D eigenvalue weighted by molar-refractivity contribution is 6.02. The predicted molar refractivity (Wildman–Crippen MR) is 198 cm³/mol. The van der Waals surface area contributed by atoms with Crippen LogP contribution in [-0.2, 0) is 0 Å².